The third kappa shape index (κ3) is 7.45. The van der Waals surface area contributed by atoms with Crippen LogP contribution in [0.4, 0.5) is 0 Å². The van der Waals surface area contributed by atoms with Crippen LogP contribution in [0.15, 0.2) is 30.3 Å². The van der Waals surface area contributed by atoms with Crippen molar-refractivity contribution in [1.82, 2.24) is 10.6 Å². The summed E-state index contributed by atoms with van der Waals surface area (Å²) < 4.78 is 5.65. The SMILES string of the molecule is CC(C)(CNCc1ccccc1)COCC(=O)NC1CCCCC1. The molecule has 1 aliphatic rings. The van der Waals surface area contributed by atoms with E-state index in [4.69, 9.17) is 4.74 Å². The highest BCUT2D eigenvalue weighted by Crippen LogP contribution is 2.17. The highest BCUT2D eigenvalue weighted by Gasteiger charge is 2.19. The van der Waals surface area contributed by atoms with E-state index in [2.05, 4.69) is 48.7 Å². The molecular formula is C20H32N2O2. The first-order chi connectivity index (χ1) is 11.6. The second kappa shape index (κ2) is 9.80. The van der Waals surface area contributed by atoms with Crippen LogP contribution in [0.25, 0.3) is 0 Å². The number of hydrogen-bond donors (Lipinski definition) is 2. The summed E-state index contributed by atoms with van der Waals surface area (Å²) in [5, 5.41) is 6.56. The molecule has 2 N–H and O–H groups in total. The van der Waals surface area contributed by atoms with Crippen molar-refractivity contribution in [3.63, 3.8) is 0 Å². The van der Waals surface area contributed by atoms with E-state index >= 15 is 0 Å². The van der Waals surface area contributed by atoms with E-state index in [0.717, 1.165) is 25.9 Å². The van der Waals surface area contributed by atoms with Gasteiger partial charge in [0.1, 0.15) is 6.61 Å². The van der Waals surface area contributed by atoms with E-state index in [9.17, 15) is 4.79 Å². The first-order valence-corrected chi connectivity index (χ1v) is 9.17. The molecule has 0 heterocycles. The van der Waals surface area contributed by atoms with E-state index in [0.29, 0.717) is 12.6 Å². The number of carbonyl (C=O) groups is 1. The number of rotatable bonds is 9. The van der Waals surface area contributed by atoms with E-state index in [1.165, 1.54) is 24.8 Å². The highest BCUT2D eigenvalue weighted by molar-refractivity contribution is 5.77. The first kappa shape index (κ1) is 18.9. The molecule has 0 saturated heterocycles. The molecule has 0 spiro atoms. The molecule has 0 atom stereocenters. The van der Waals surface area contributed by atoms with Gasteiger partial charge in [-0.2, -0.15) is 0 Å². The van der Waals surface area contributed by atoms with E-state index in [1.54, 1.807) is 0 Å². The number of carbonyl (C=O) groups excluding carboxylic acids is 1. The van der Waals surface area contributed by atoms with Crippen molar-refractivity contribution in [3.05, 3.63) is 35.9 Å². The van der Waals surface area contributed by atoms with Crippen molar-refractivity contribution < 1.29 is 9.53 Å². The molecule has 1 amide bonds. The normalized spacial score (nSPS) is 16.1. The molecule has 4 heteroatoms. The summed E-state index contributed by atoms with van der Waals surface area (Å²) in [7, 11) is 0. The van der Waals surface area contributed by atoms with Crippen molar-refractivity contribution in [2.24, 2.45) is 5.41 Å². The van der Waals surface area contributed by atoms with Gasteiger partial charge in [-0.15, -0.1) is 0 Å². The van der Waals surface area contributed by atoms with E-state index in [-0.39, 0.29) is 17.9 Å². The molecular weight excluding hydrogens is 300 g/mol. The number of benzene rings is 1. The van der Waals surface area contributed by atoms with Gasteiger partial charge in [0, 0.05) is 24.5 Å². The van der Waals surface area contributed by atoms with Gasteiger partial charge < -0.3 is 15.4 Å². The van der Waals surface area contributed by atoms with Crippen LogP contribution >= 0.6 is 0 Å². The summed E-state index contributed by atoms with van der Waals surface area (Å²) >= 11 is 0. The molecule has 1 saturated carbocycles. The maximum atomic E-state index is 11.9. The van der Waals surface area contributed by atoms with Crippen LogP contribution in [0, 0.1) is 5.41 Å². The Bertz CT molecular complexity index is 482. The number of amides is 1. The van der Waals surface area contributed by atoms with Crippen molar-refractivity contribution in [3.8, 4) is 0 Å². The maximum absolute atomic E-state index is 11.9. The molecule has 0 aromatic heterocycles. The third-order valence-corrected chi connectivity index (χ3v) is 4.47. The van der Waals surface area contributed by atoms with Gasteiger partial charge in [-0.05, 0) is 18.4 Å². The van der Waals surface area contributed by atoms with Gasteiger partial charge in [-0.1, -0.05) is 63.4 Å². The van der Waals surface area contributed by atoms with Crippen molar-refractivity contribution in [2.75, 3.05) is 19.8 Å². The maximum Gasteiger partial charge on any atom is 0.246 e. The molecule has 1 aromatic rings. The predicted octanol–water partition coefficient (Wildman–Crippen LogP) is 3.27. The topological polar surface area (TPSA) is 50.4 Å². The van der Waals surface area contributed by atoms with Gasteiger partial charge >= 0.3 is 0 Å². The average molecular weight is 332 g/mol. The Morgan fingerprint density at radius 1 is 1.17 bits per heavy atom. The molecule has 24 heavy (non-hydrogen) atoms. The summed E-state index contributed by atoms with van der Waals surface area (Å²) in [6.07, 6.45) is 5.98. The minimum absolute atomic E-state index is 0.000100. The Labute approximate surface area is 146 Å². The second-order valence-corrected chi connectivity index (χ2v) is 7.65. The van der Waals surface area contributed by atoms with Crippen LogP contribution < -0.4 is 10.6 Å². The molecule has 0 unspecified atom stereocenters. The van der Waals surface area contributed by atoms with Crippen LogP contribution in [0.2, 0.25) is 0 Å². The minimum Gasteiger partial charge on any atom is -0.371 e. The zero-order chi connectivity index (χ0) is 17.3. The monoisotopic (exact) mass is 332 g/mol. The van der Waals surface area contributed by atoms with Gasteiger partial charge in [0.15, 0.2) is 0 Å². The Morgan fingerprint density at radius 2 is 1.88 bits per heavy atom. The third-order valence-electron chi connectivity index (χ3n) is 4.47. The lowest BCUT2D eigenvalue weighted by Crippen LogP contribution is -2.39. The lowest BCUT2D eigenvalue weighted by molar-refractivity contribution is -0.127. The van der Waals surface area contributed by atoms with E-state index in [1.807, 2.05) is 6.07 Å². The lowest BCUT2D eigenvalue weighted by Gasteiger charge is -2.26. The summed E-state index contributed by atoms with van der Waals surface area (Å²) in [6.45, 7) is 6.76. The summed E-state index contributed by atoms with van der Waals surface area (Å²) in [6, 6.07) is 10.7. The van der Waals surface area contributed by atoms with Gasteiger partial charge in [-0.3, -0.25) is 4.79 Å². The Kier molecular flexibility index (Phi) is 7.73. The predicted molar refractivity (Wildman–Crippen MR) is 97.8 cm³/mol. The van der Waals surface area contributed by atoms with Crippen molar-refractivity contribution >= 4 is 5.91 Å². The quantitative estimate of drug-likeness (QED) is 0.730. The van der Waals surface area contributed by atoms with Crippen molar-refractivity contribution in [1.29, 1.82) is 0 Å². The minimum atomic E-state index is -0.000100. The van der Waals surface area contributed by atoms with Crippen LogP contribution in [0.5, 0.6) is 0 Å². The standard InChI is InChI=1S/C20H32N2O2/c1-20(2,15-21-13-17-9-5-3-6-10-17)16-24-14-19(23)22-18-11-7-4-8-12-18/h3,5-6,9-10,18,21H,4,7-8,11-16H2,1-2H3,(H,22,23). The van der Waals surface area contributed by atoms with Crippen LogP contribution in [0.3, 0.4) is 0 Å². The summed E-state index contributed by atoms with van der Waals surface area (Å²) in [4.78, 5) is 11.9. The van der Waals surface area contributed by atoms with Crippen LogP contribution in [-0.2, 0) is 16.1 Å². The highest BCUT2D eigenvalue weighted by atomic mass is 16.5. The molecule has 1 aliphatic carbocycles. The first-order valence-electron chi connectivity index (χ1n) is 9.17. The fourth-order valence-electron chi connectivity index (χ4n) is 3.13. The Morgan fingerprint density at radius 3 is 2.58 bits per heavy atom. The molecule has 1 aromatic carbocycles. The Hall–Kier alpha value is -1.39. The zero-order valence-electron chi connectivity index (χ0n) is 15.1. The van der Waals surface area contributed by atoms with E-state index < -0.39 is 0 Å². The molecule has 0 bridgehead atoms. The van der Waals surface area contributed by atoms with Gasteiger partial charge in [0.2, 0.25) is 5.91 Å². The van der Waals surface area contributed by atoms with Gasteiger partial charge in [0.25, 0.3) is 0 Å². The zero-order valence-corrected chi connectivity index (χ0v) is 15.1. The number of ether oxygens (including phenoxy) is 1. The largest absolute Gasteiger partial charge is 0.371 e. The fraction of sp³-hybridized carbons (Fsp3) is 0.650. The average Bonchev–Trinajstić information content (AvgIpc) is 2.56. The summed E-state index contributed by atoms with van der Waals surface area (Å²) in [5.41, 5.74) is 1.28. The van der Waals surface area contributed by atoms with Gasteiger partial charge in [-0.25, -0.2) is 0 Å². The number of hydrogen-bond acceptors (Lipinski definition) is 3. The molecule has 134 valence electrons. The van der Waals surface area contributed by atoms with Crippen LogP contribution in [-0.4, -0.2) is 31.7 Å². The second-order valence-electron chi connectivity index (χ2n) is 7.65. The van der Waals surface area contributed by atoms with Gasteiger partial charge in [0.05, 0.1) is 6.61 Å². The van der Waals surface area contributed by atoms with Crippen molar-refractivity contribution in [2.45, 2.75) is 58.5 Å². The molecule has 0 radical (unpaired) electrons. The number of nitrogens with one attached hydrogen (secondary N) is 2. The molecule has 2 rings (SSSR count). The Balaban J connectivity index is 1.58. The molecule has 0 aliphatic heterocycles. The molecule has 1 fully saturated rings. The summed E-state index contributed by atoms with van der Waals surface area (Å²) in [5.74, 6) is 0.0231. The molecule has 4 nitrogen and oxygen atoms in total. The smallest absolute Gasteiger partial charge is 0.246 e. The van der Waals surface area contributed by atoms with Crippen LogP contribution in [0.1, 0.15) is 51.5 Å². The fourth-order valence-corrected chi connectivity index (χ4v) is 3.13. The lowest BCUT2D eigenvalue weighted by atomic mass is 9.94.